The van der Waals surface area contributed by atoms with E-state index in [1.165, 1.54) is 11.3 Å². The molecule has 2 aromatic rings. The number of anilines is 3. The third-order valence-electron chi connectivity index (χ3n) is 3.68. The molecule has 0 amide bonds. The van der Waals surface area contributed by atoms with Crippen LogP contribution in [0.1, 0.15) is 17.8 Å². The molecule has 0 spiro atoms. The number of methoxy groups -OCH3 is 1. The number of para-hydroxylation sites is 1. The highest BCUT2D eigenvalue weighted by Crippen LogP contribution is 2.32. The number of aromatic nitrogens is 2. The van der Waals surface area contributed by atoms with E-state index in [1.54, 1.807) is 7.11 Å². The third-order valence-corrected chi connectivity index (χ3v) is 3.68. The van der Waals surface area contributed by atoms with E-state index in [0.717, 1.165) is 31.0 Å². The first-order chi connectivity index (χ1) is 10.3. The monoisotopic (exact) mass is 284 g/mol. The minimum atomic E-state index is 0.415. The second-order valence-electron chi connectivity index (χ2n) is 5.09. The van der Waals surface area contributed by atoms with E-state index in [-0.39, 0.29) is 0 Å². The molecule has 0 fully saturated rings. The topological polar surface area (TPSA) is 50.3 Å². The summed E-state index contributed by atoms with van der Waals surface area (Å²) in [5.74, 6) is 2.44. The Hall–Kier alpha value is -2.14. The number of benzene rings is 1. The molecule has 110 valence electrons. The van der Waals surface area contributed by atoms with Crippen LogP contribution in [0.5, 0.6) is 0 Å². The van der Waals surface area contributed by atoms with Gasteiger partial charge in [-0.3, -0.25) is 0 Å². The van der Waals surface area contributed by atoms with Gasteiger partial charge in [-0.25, -0.2) is 9.97 Å². The molecule has 1 aromatic heterocycles. The predicted molar refractivity (Wildman–Crippen MR) is 84.1 cm³/mol. The highest BCUT2D eigenvalue weighted by molar-refractivity contribution is 5.67. The molecule has 1 N–H and O–H groups in total. The summed E-state index contributed by atoms with van der Waals surface area (Å²) in [4.78, 5) is 11.3. The summed E-state index contributed by atoms with van der Waals surface area (Å²) < 4.78 is 5.17. The maximum absolute atomic E-state index is 5.17. The lowest BCUT2D eigenvalue weighted by Gasteiger charge is -2.30. The average molecular weight is 284 g/mol. The van der Waals surface area contributed by atoms with E-state index in [0.29, 0.717) is 12.4 Å². The van der Waals surface area contributed by atoms with E-state index in [9.17, 15) is 0 Å². The second-order valence-corrected chi connectivity index (χ2v) is 5.09. The molecule has 1 aliphatic rings. The van der Waals surface area contributed by atoms with Crippen LogP contribution in [0, 0.1) is 0 Å². The molecule has 0 saturated carbocycles. The number of hydrogen-bond donors (Lipinski definition) is 1. The van der Waals surface area contributed by atoms with Crippen LogP contribution in [0.4, 0.5) is 17.3 Å². The summed E-state index contributed by atoms with van der Waals surface area (Å²) in [6.45, 7) is 1.39. The molecular formula is C16H20N4O. The zero-order valence-electron chi connectivity index (χ0n) is 12.5. The zero-order chi connectivity index (χ0) is 14.7. The highest BCUT2D eigenvalue weighted by Gasteiger charge is 2.19. The Balaban J connectivity index is 2.02. The van der Waals surface area contributed by atoms with Crippen molar-refractivity contribution in [3.63, 3.8) is 0 Å². The van der Waals surface area contributed by atoms with Crippen LogP contribution >= 0.6 is 0 Å². The maximum Gasteiger partial charge on any atom is 0.158 e. The van der Waals surface area contributed by atoms with Gasteiger partial charge in [-0.1, -0.05) is 18.2 Å². The summed E-state index contributed by atoms with van der Waals surface area (Å²) in [5.41, 5.74) is 2.62. The fraction of sp³-hybridized carbons (Fsp3) is 0.375. The van der Waals surface area contributed by atoms with Crippen molar-refractivity contribution in [1.29, 1.82) is 0 Å². The quantitative estimate of drug-likeness (QED) is 0.935. The van der Waals surface area contributed by atoms with Crippen LogP contribution in [0.15, 0.2) is 30.3 Å². The molecule has 0 radical (unpaired) electrons. The number of ether oxygens (including phenoxy) is 1. The second kappa shape index (κ2) is 6.10. The molecule has 1 aromatic carbocycles. The molecule has 5 heteroatoms. The van der Waals surface area contributed by atoms with Crippen molar-refractivity contribution < 1.29 is 4.74 Å². The number of rotatable bonds is 4. The SMILES string of the molecule is CNc1cc(N2CCCc3ccccc32)nc(COC)n1. The molecule has 0 unspecified atom stereocenters. The largest absolute Gasteiger partial charge is 0.377 e. The van der Waals surface area contributed by atoms with Gasteiger partial charge in [-0.2, -0.15) is 0 Å². The van der Waals surface area contributed by atoms with Crippen molar-refractivity contribution in [3.05, 3.63) is 41.7 Å². The Kier molecular flexibility index (Phi) is 4.01. The van der Waals surface area contributed by atoms with E-state index >= 15 is 0 Å². The van der Waals surface area contributed by atoms with E-state index in [1.807, 2.05) is 13.1 Å². The Bertz CT molecular complexity index is 629. The van der Waals surface area contributed by atoms with Crippen molar-refractivity contribution in [2.75, 3.05) is 30.9 Å². The van der Waals surface area contributed by atoms with Gasteiger partial charge < -0.3 is 15.0 Å². The lowest BCUT2D eigenvalue weighted by molar-refractivity contribution is 0.178. The summed E-state index contributed by atoms with van der Waals surface area (Å²) >= 11 is 0. The predicted octanol–water partition coefficient (Wildman–Crippen LogP) is 2.75. The Labute approximate surface area is 125 Å². The van der Waals surface area contributed by atoms with Crippen LogP contribution in [0.3, 0.4) is 0 Å². The average Bonchev–Trinajstić information content (AvgIpc) is 2.54. The lowest BCUT2D eigenvalue weighted by atomic mass is 10.0. The van der Waals surface area contributed by atoms with Gasteiger partial charge in [0.25, 0.3) is 0 Å². The van der Waals surface area contributed by atoms with Crippen molar-refractivity contribution in [2.45, 2.75) is 19.4 Å². The first-order valence-electron chi connectivity index (χ1n) is 7.22. The summed E-state index contributed by atoms with van der Waals surface area (Å²) in [7, 11) is 3.53. The molecule has 0 atom stereocenters. The first kappa shape index (κ1) is 13.8. The van der Waals surface area contributed by atoms with Gasteiger partial charge in [0.2, 0.25) is 0 Å². The van der Waals surface area contributed by atoms with E-state index < -0.39 is 0 Å². The number of nitrogens with zero attached hydrogens (tertiary/aromatic N) is 3. The summed E-state index contributed by atoms with van der Waals surface area (Å²) in [6, 6.07) is 10.5. The molecule has 0 aliphatic carbocycles. The van der Waals surface area contributed by atoms with E-state index in [2.05, 4.69) is 44.5 Å². The minimum absolute atomic E-state index is 0.415. The lowest BCUT2D eigenvalue weighted by Crippen LogP contribution is -2.26. The smallest absolute Gasteiger partial charge is 0.158 e. The van der Waals surface area contributed by atoms with Crippen LogP contribution in [0.2, 0.25) is 0 Å². The Morgan fingerprint density at radius 2 is 2.14 bits per heavy atom. The van der Waals surface area contributed by atoms with Gasteiger partial charge in [-0.05, 0) is 24.5 Å². The molecule has 2 heterocycles. The van der Waals surface area contributed by atoms with Crippen molar-refractivity contribution in [3.8, 4) is 0 Å². The molecular weight excluding hydrogens is 264 g/mol. The standard InChI is InChI=1S/C16H20N4O/c1-17-14-10-16(19-15(18-14)11-21-2)20-9-5-7-12-6-3-4-8-13(12)20/h3-4,6,8,10H,5,7,9,11H2,1-2H3,(H,17,18,19). The van der Waals surface area contributed by atoms with Crippen LogP contribution in [-0.2, 0) is 17.8 Å². The zero-order valence-corrected chi connectivity index (χ0v) is 12.5. The number of aryl methyl sites for hydroxylation is 1. The Morgan fingerprint density at radius 3 is 2.95 bits per heavy atom. The first-order valence-corrected chi connectivity index (χ1v) is 7.22. The normalized spacial score (nSPS) is 13.9. The van der Waals surface area contributed by atoms with Gasteiger partial charge in [0.1, 0.15) is 18.2 Å². The molecule has 1 aliphatic heterocycles. The van der Waals surface area contributed by atoms with Gasteiger partial charge >= 0.3 is 0 Å². The molecule has 3 rings (SSSR count). The van der Waals surface area contributed by atoms with Gasteiger partial charge in [0.15, 0.2) is 5.82 Å². The van der Waals surface area contributed by atoms with Gasteiger partial charge in [-0.15, -0.1) is 0 Å². The van der Waals surface area contributed by atoms with Crippen LogP contribution in [0.25, 0.3) is 0 Å². The van der Waals surface area contributed by atoms with Crippen LogP contribution < -0.4 is 10.2 Å². The fourth-order valence-electron chi connectivity index (χ4n) is 2.71. The van der Waals surface area contributed by atoms with Crippen molar-refractivity contribution in [1.82, 2.24) is 9.97 Å². The van der Waals surface area contributed by atoms with E-state index in [4.69, 9.17) is 4.74 Å². The van der Waals surface area contributed by atoms with Gasteiger partial charge in [0, 0.05) is 32.5 Å². The molecule has 0 saturated heterocycles. The van der Waals surface area contributed by atoms with Gasteiger partial charge in [0.05, 0.1) is 0 Å². The Morgan fingerprint density at radius 1 is 1.29 bits per heavy atom. The minimum Gasteiger partial charge on any atom is -0.377 e. The number of nitrogens with one attached hydrogen (secondary N) is 1. The van der Waals surface area contributed by atoms with Crippen molar-refractivity contribution in [2.24, 2.45) is 0 Å². The third kappa shape index (κ3) is 2.83. The highest BCUT2D eigenvalue weighted by atomic mass is 16.5. The molecule has 5 nitrogen and oxygen atoms in total. The summed E-state index contributed by atoms with van der Waals surface area (Å²) in [6.07, 6.45) is 2.26. The molecule has 21 heavy (non-hydrogen) atoms. The number of fused-ring (bicyclic) bond motifs is 1. The van der Waals surface area contributed by atoms with Crippen molar-refractivity contribution >= 4 is 17.3 Å². The molecule has 0 bridgehead atoms. The maximum atomic E-state index is 5.17. The summed E-state index contributed by atoms with van der Waals surface area (Å²) in [5, 5.41) is 3.10. The van der Waals surface area contributed by atoms with Crippen LogP contribution in [-0.4, -0.2) is 30.7 Å². The fourth-order valence-corrected chi connectivity index (χ4v) is 2.71. The number of hydrogen-bond acceptors (Lipinski definition) is 5.